The molecule has 0 saturated heterocycles. The second kappa shape index (κ2) is 5.51. The third-order valence-corrected chi connectivity index (χ3v) is 2.37. The van der Waals surface area contributed by atoms with Crippen LogP contribution in [0.25, 0.3) is 0 Å². The van der Waals surface area contributed by atoms with E-state index < -0.39 is 0 Å². The van der Waals surface area contributed by atoms with Gasteiger partial charge in [0, 0.05) is 14.1 Å². The Hall–Kier alpha value is -1.35. The van der Waals surface area contributed by atoms with Crippen molar-refractivity contribution in [3.63, 3.8) is 0 Å². The lowest BCUT2D eigenvalue weighted by Gasteiger charge is -2.19. The molecule has 3 heteroatoms. The highest BCUT2D eigenvalue weighted by molar-refractivity contribution is 5.81. The van der Waals surface area contributed by atoms with Crippen LogP contribution in [0.2, 0.25) is 0 Å². The highest BCUT2D eigenvalue weighted by atomic mass is 16.2. The van der Waals surface area contributed by atoms with Gasteiger partial charge in [-0.2, -0.15) is 0 Å². The average Bonchev–Trinajstić information content (AvgIpc) is 2.26. The van der Waals surface area contributed by atoms with Gasteiger partial charge in [0.05, 0.1) is 6.04 Å². The van der Waals surface area contributed by atoms with E-state index >= 15 is 0 Å². The van der Waals surface area contributed by atoms with Crippen molar-refractivity contribution in [3.8, 4) is 0 Å². The van der Waals surface area contributed by atoms with E-state index in [2.05, 4.69) is 5.32 Å². The maximum Gasteiger partial charge on any atom is 0.239 e. The largest absolute Gasteiger partial charge is 0.347 e. The number of hydrogen-bond donors (Lipinski definition) is 1. The van der Waals surface area contributed by atoms with E-state index in [4.69, 9.17) is 0 Å². The third-order valence-electron chi connectivity index (χ3n) is 2.37. The van der Waals surface area contributed by atoms with Gasteiger partial charge in [-0.05, 0) is 19.0 Å². The third kappa shape index (κ3) is 3.36. The van der Waals surface area contributed by atoms with Crippen LogP contribution in [0, 0.1) is 0 Å². The van der Waals surface area contributed by atoms with E-state index in [0.717, 1.165) is 6.42 Å². The molecule has 1 rings (SSSR count). The van der Waals surface area contributed by atoms with Gasteiger partial charge < -0.3 is 10.2 Å². The molecule has 1 aromatic rings. The molecule has 1 N–H and O–H groups in total. The minimum Gasteiger partial charge on any atom is -0.347 e. The minimum absolute atomic E-state index is 0.112. The highest BCUT2D eigenvalue weighted by Crippen LogP contribution is 2.04. The van der Waals surface area contributed by atoms with Gasteiger partial charge in [0.1, 0.15) is 0 Å². The van der Waals surface area contributed by atoms with Crippen molar-refractivity contribution in [2.75, 3.05) is 21.1 Å². The van der Waals surface area contributed by atoms with E-state index in [-0.39, 0.29) is 11.9 Å². The van der Waals surface area contributed by atoms with Gasteiger partial charge in [-0.25, -0.2) is 0 Å². The number of amides is 1. The molecule has 3 nitrogen and oxygen atoms in total. The first-order valence-corrected chi connectivity index (χ1v) is 5.07. The van der Waals surface area contributed by atoms with Crippen LogP contribution in [0.15, 0.2) is 30.3 Å². The van der Waals surface area contributed by atoms with Crippen LogP contribution in [0.1, 0.15) is 5.56 Å². The molecule has 0 bridgehead atoms. The fourth-order valence-corrected chi connectivity index (χ4v) is 1.47. The van der Waals surface area contributed by atoms with E-state index in [1.54, 1.807) is 19.0 Å². The zero-order chi connectivity index (χ0) is 11.3. The van der Waals surface area contributed by atoms with Crippen LogP contribution in [-0.2, 0) is 11.2 Å². The summed E-state index contributed by atoms with van der Waals surface area (Å²) in [4.78, 5) is 13.4. The predicted octanol–water partition coefficient (Wildman–Crippen LogP) is 0.905. The molecule has 0 aliphatic rings. The smallest absolute Gasteiger partial charge is 0.239 e. The standard InChI is InChI=1S/C12H18N2O/c1-13-11(12(15)14(2)3)9-10-7-5-4-6-8-10/h4-8,11,13H,9H2,1-3H3/t11-/m1/s1. The lowest BCUT2D eigenvalue weighted by molar-refractivity contribution is -0.130. The summed E-state index contributed by atoms with van der Waals surface area (Å²) < 4.78 is 0. The van der Waals surface area contributed by atoms with E-state index in [1.165, 1.54) is 5.56 Å². The molecule has 82 valence electrons. The predicted molar refractivity (Wildman–Crippen MR) is 61.7 cm³/mol. The van der Waals surface area contributed by atoms with Gasteiger partial charge in [0.15, 0.2) is 0 Å². The van der Waals surface area contributed by atoms with Crippen molar-refractivity contribution < 1.29 is 4.79 Å². The topological polar surface area (TPSA) is 32.3 Å². The van der Waals surface area contributed by atoms with Gasteiger partial charge >= 0.3 is 0 Å². The van der Waals surface area contributed by atoms with Crippen molar-refractivity contribution >= 4 is 5.91 Å². The van der Waals surface area contributed by atoms with Gasteiger partial charge in [0.2, 0.25) is 5.91 Å². The zero-order valence-corrected chi connectivity index (χ0v) is 9.53. The number of benzene rings is 1. The molecule has 1 atom stereocenters. The van der Waals surface area contributed by atoms with Gasteiger partial charge in [-0.15, -0.1) is 0 Å². The van der Waals surface area contributed by atoms with Gasteiger partial charge in [-0.3, -0.25) is 4.79 Å². The summed E-state index contributed by atoms with van der Waals surface area (Å²) in [6.07, 6.45) is 0.731. The molecule has 0 aliphatic carbocycles. The van der Waals surface area contributed by atoms with Gasteiger partial charge in [0.25, 0.3) is 0 Å². The van der Waals surface area contributed by atoms with Crippen molar-refractivity contribution in [2.24, 2.45) is 0 Å². The van der Waals surface area contributed by atoms with Crippen LogP contribution < -0.4 is 5.32 Å². The molecule has 1 amide bonds. The molecule has 15 heavy (non-hydrogen) atoms. The normalized spacial score (nSPS) is 12.2. The van der Waals surface area contributed by atoms with Crippen molar-refractivity contribution in [3.05, 3.63) is 35.9 Å². The Kier molecular flexibility index (Phi) is 4.31. The molecule has 1 aromatic carbocycles. The number of nitrogens with zero attached hydrogens (tertiary/aromatic N) is 1. The maximum absolute atomic E-state index is 11.7. The summed E-state index contributed by atoms with van der Waals surface area (Å²) >= 11 is 0. The monoisotopic (exact) mass is 206 g/mol. The second-order valence-corrected chi connectivity index (χ2v) is 3.76. The van der Waals surface area contributed by atoms with E-state index in [1.807, 2.05) is 37.4 Å². The van der Waals surface area contributed by atoms with Crippen molar-refractivity contribution in [1.82, 2.24) is 10.2 Å². The molecule has 0 saturated carbocycles. The fourth-order valence-electron chi connectivity index (χ4n) is 1.47. The van der Waals surface area contributed by atoms with Crippen LogP contribution in [-0.4, -0.2) is 38.0 Å². The first-order valence-electron chi connectivity index (χ1n) is 5.07. The Bertz CT molecular complexity index is 309. The Morgan fingerprint density at radius 3 is 2.40 bits per heavy atom. The number of nitrogens with one attached hydrogen (secondary N) is 1. The molecule has 0 spiro atoms. The number of hydrogen-bond acceptors (Lipinski definition) is 2. The van der Waals surface area contributed by atoms with Crippen LogP contribution in [0.3, 0.4) is 0 Å². The molecule has 0 heterocycles. The molecular weight excluding hydrogens is 188 g/mol. The van der Waals surface area contributed by atoms with Crippen LogP contribution in [0.4, 0.5) is 0 Å². The van der Waals surface area contributed by atoms with Crippen LogP contribution in [0.5, 0.6) is 0 Å². The first kappa shape index (κ1) is 11.7. The first-order chi connectivity index (χ1) is 7.15. The molecule has 0 aliphatic heterocycles. The Labute approximate surface area is 91.1 Å². The maximum atomic E-state index is 11.7. The molecule has 0 radical (unpaired) electrons. The molecule has 0 fully saturated rings. The number of carbonyl (C=O) groups is 1. The number of rotatable bonds is 4. The summed E-state index contributed by atoms with van der Waals surface area (Å²) in [7, 11) is 5.37. The van der Waals surface area contributed by atoms with Crippen molar-refractivity contribution in [1.29, 1.82) is 0 Å². The molecule has 0 unspecified atom stereocenters. The lowest BCUT2D eigenvalue weighted by atomic mass is 10.1. The summed E-state index contributed by atoms with van der Waals surface area (Å²) in [5.41, 5.74) is 1.17. The number of carbonyl (C=O) groups excluding carboxylic acids is 1. The second-order valence-electron chi connectivity index (χ2n) is 3.76. The summed E-state index contributed by atoms with van der Waals surface area (Å²) in [6.45, 7) is 0. The minimum atomic E-state index is -0.137. The summed E-state index contributed by atoms with van der Waals surface area (Å²) in [6, 6.07) is 9.89. The zero-order valence-electron chi connectivity index (χ0n) is 9.53. The number of likely N-dealkylation sites (N-methyl/N-ethyl adjacent to an activating group) is 2. The summed E-state index contributed by atoms with van der Waals surface area (Å²) in [5, 5.41) is 3.04. The Morgan fingerprint density at radius 2 is 1.93 bits per heavy atom. The Morgan fingerprint density at radius 1 is 1.33 bits per heavy atom. The quantitative estimate of drug-likeness (QED) is 0.794. The van der Waals surface area contributed by atoms with E-state index in [0.29, 0.717) is 0 Å². The SMILES string of the molecule is CN[C@H](Cc1ccccc1)C(=O)N(C)C. The fraction of sp³-hybridized carbons (Fsp3) is 0.417. The van der Waals surface area contributed by atoms with E-state index in [9.17, 15) is 4.79 Å². The average molecular weight is 206 g/mol. The van der Waals surface area contributed by atoms with Crippen molar-refractivity contribution in [2.45, 2.75) is 12.5 Å². The molecule has 0 aromatic heterocycles. The molecular formula is C12H18N2O. The van der Waals surface area contributed by atoms with Gasteiger partial charge in [-0.1, -0.05) is 30.3 Å². The van der Waals surface area contributed by atoms with Crippen LogP contribution >= 0.6 is 0 Å². The lowest BCUT2D eigenvalue weighted by Crippen LogP contribution is -2.43. The summed E-state index contributed by atoms with van der Waals surface area (Å²) in [5.74, 6) is 0.112. The highest BCUT2D eigenvalue weighted by Gasteiger charge is 2.17. The Balaban J connectivity index is 2.66.